The minimum Gasteiger partial charge on any atom is -0.352 e. The molecule has 0 saturated heterocycles. The predicted octanol–water partition coefficient (Wildman–Crippen LogP) is 3.35. The summed E-state index contributed by atoms with van der Waals surface area (Å²) in [6.45, 7) is 4.69. The highest BCUT2D eigenvalue weighted by atomic mass is 35.5. The number of nitrogens with one attached hydrogen (secondary N) is 1. The van der Waals surface area contributed by atoms with Crippen LogP contribution in [0.25, 0.3) is 0 Å². The number of hydrogen-bond donors (Lipinski definition) is 1. The Kier molecular flexibility index (Phi) is 9.61. The van der Waals surface area contributed by atoms with E-state index in [9.17, 15) is 28.1 Å². The third-order valence-corrected chi connectivity index (χ3v) is 6.83. The minimum absolute atomic E-state index is 0.0254. The number of anilines is 1. The summed E-state index contributed by atoms with van der Waals surface area (Å²) in [7, 11) is -3.99. The smallest absolute Gasteiger partial charge is 0.271 e. The Morgan fingerprint density at radius 2 is 1.77 bits per heavy atom. The van der Waals surface area contributed by atoms with Gasteiger partial charge in [-0.3, -0.25) is 24.0 Å². The molecule has 2 rings (SSSR count). The second kappa shape index (κ2) is 12.0. The first kappa shape index (κ1) is 28.1. The van der Waals surface area contributed by atoms with Crippen molar-refractivity contribution in [3.63, 3.8) is 0 Å². The van der Waals surface area contributed by atoms with Gasteiger partial charge in [0.1, 0.15) is 12.6 Å². The van der Waals surface area contributed by atoms with Crippen LogP contribution in [0.15, 0.2) is 48.5 Å². The van der Waals surface area contributed by atoms with Gasteiger partial charge in [0.15, 0.2) is 0 Å². The first-order valence-corrected chi connectivity index (χ1v) is 13.1. The van der Waals surface area contributed by atoms with Crippen LogP contribution >= 0.6 is 11.6 Å². The summed E-state index contributed by atoms with van der Waals surface area (Å²) in [5, 5.41) is 14.5. The van der Waals surface area contributed by atoms with Gasteiger partial charge in [-0.2, -0.15) is 0 Å². The van der Waals surface area contributed by atoms with Crippen LogP contribution in [-0.2, 0) is 26.2 Å². The summed E-state index contributed by atoms with van der Waals surface area (Å²) in [5.41, 5.74) is 0.341. The molecule has 2 aromatic rings. The molecular formula is C23H29ClN4O6S. The Balaban J connectivity index is 2.41. The quantitative estimate of drug-likeness (QED) is 0.354. The molecule has 0 heterocycles. The fraction of sp³-hybridized carbons (Fsp3) is 0.391. The van der Waals surface area contributed by atoms with Crippen molar-refractivity contribution < 1.29 is 22.9 Å². The van der Waals surface area contributed by atoms with Crippen molar-refractivity contribution in [2.45, 2.75) is 45.8 Å². The molecule has 0 unspecified atom stereocenters. The van der Waals surface area contributed by atoms with E-state index in [1.165, 1.54) is 23.1 Å². The monoisotopic (exact) mass is 524 g/mol. The van der Waals surface area contributed by atoms with Crippen molar-refractivity contribution >= 4 is 44.8 Å². The number of amides is 2. The zero-order chi connectivity index (χ0) is 26.3. The molecule has 2 atom stereocenters. The van der Waals surface area contributed by atoms with Crippen LogP contribution in [0.5, 0.6) is 0 Å². The number of halogens is 1. The highest BCUT2D eigenvalue weighted by molar-refractivity contribution is 7.92. The number of sulfonamides is 1. The van der Waals surface area contributed by atoms with Crippen LogP contribution in [0.3, 0.4) is 0 Å². The summed E-state index contributed by atoms with van der Waals surface area (Å²) in [6.07, 6.45) is 1.60. The van der Waals surface area contributed by atoms with Gasteiger partial charge in [-0.15, -0.1) is 0 Å². The van der Waals surface area contributed by atoms with E-state index in [1.807, 2.05) is 13.8 Å². The van der Waals surface area contributed by atoms with Gasteiger partial charge < -0.3 is 10.2 Å². The molecule has 0 aliphatic rings. The summed E-state index contributed by atoms with van der Waals surface area (Å²) < 4.78 is 25.9. The lowest BCUT2D eigenvalue weighted by atomic mass is 10.1. The Bertz CT molecular complexity index is 1170. The van der Waals surface area contributed by atoms with E-state index >= 15 is 0 Å². The van der Waals surface area contributed by atoms with E-state index in [0.717, 1.165) is 16.6 Å². The third kappa shape index (κ3) is 7.93. The number of non-ortho nitro benzene ring substituents is 1. The fourth-order valence-corrected chi connectivity index (χ4v) is 4.18. The van der Waals surface area contributed by atoms with E-state index < -0.39 is 33.4 Å². The number of nitro benzene ring substituents is 1. The van der Waals surface area contributed by atoms with E-state index in [0.29, 0.717) is 17.0 Å². The average molecular weight is 525 g/mol. The first-order valence-electron chi connectivity index (χ1n) is 10.9. The molecule has 10 nitrogen and oxygen atoms in total. The van der Waals surface area contributed by atoms with E-state index in [2.05, 4.69) is 5.32 Å². The van der Waals surface area contributed by atoms with Gasteiger partial charge >= 0.3 is 0 Å². The van der Waals surface area contributed by atoms with Crippen LogP contribution in [-0.4, -0.2) is 54.9 Å². The molecular weight excluding hydrogens is 496 g/mol. The SMILES string of the molecule is CC[C@H](C)NC(=O)[C@@H](C)N(Cc1ccc(Cl)cc1)C(=O)CN(c1cccc([N+](=O)[O-])c1)S(C)(=O)=O. The maximum Gasteiger partial charge on any atom is 0.271 e. The Hall–Kier alpha value is -3.18. The molecule has 190 valence electrons. The van der Waals surface area contributed by atoms with Gasteiger partial charge in [0.25, 0.3) is 5.69 Å². The van der Waals surface area contributed by atoms with Crippen molar-refractivity contribution in [3.05, 3.63) is 69.2 Å². The van der Waals surface area contributed by atoms with Crippen LogP contribution in [0.4, 0.5) is 11.4 Å². The molecule has 0 aromatic heterocycles. The van der Waals surface area contributed by atoms with Crippen molar-refractivity contribution in [3.8, 4) is 0 Å². The molecule has 12 heteroatoms. The predicted molar refractivity (Wildman–Crippen MR) is 135 cm³/mol. The lowest BCUT2D eigenvalue weighted by molar-refractivity contribution is -0.384. The number of hydrogen-bond acceptors (Lipinski definition) is 6. The molecule has 0 aliphatic carbocycles. The van der Waals surface area contributed by atoms with Crippen LogP contribution in [0.2, 0.25) is 5.02 Å². The number of carbonyl (C=O) groups excluding carboxylic acids is 2. The highest BCUT2D eigenvalue weighted by Gasteiger charge is 2.30. The summed E-state index contributed by atoms with van der Waals surface area (Å²) in [5.74, 6) is -1.04. The Morgan fingerprint density at radius 3 is 2.31 bits per heavy atom. The number of carbonyl (C=O) groups is 2. The summed E-state index contributed by atoms with van der Waals surface area (Å²) in [4.78, 5) is 38.1. The standard InChI is InChI=1S/C23H29ClN4O6S/c1-5-16(2)25-23(30)17(3)26(14-18-9-11-19(24)12-10-18)22(29)15-27(35(4,33)34)20-7-6-8-21(13-20)28(31)32/h6-13,16-17H,5,14-15H2,1-4H3,(H,25,30)/t16-,17+/m0/s1. The lowest BCUT2D eigenvalue weighted by Gasteiger charge is -2.32. The van der Waals surface area contributed by atoms with Crippen molar-refractivity contribution in [1.29, 1.82) is 0 Å². The molecule has 0 radical (unpaired) electrons. The van der Waals surface area contributed by atoms with Gasteiger partial charge in [-0.1, -0.05) is 36.7 Å². The maximum atomic E-state index is 13.4. The van der Waals surface area contributed by atoms with Gasteiger partial charge in [-0.05, 0) is 44.0 Å². The second-order valence-electron chi connectivity index (χ2n) is 8.19. The number of nitro groups is 1. The van der Waals surface area contributed by atoms with E-state index in [1.54, 1.807) is 31.2 Å². The average Bonchev–Trinajstić information content (AvgIpc) is 2.80. The highest BCUT2D eigenvalue weighted by Crippen LogP contribution is 2.24. The minimum atomic E-state index is -3.99. The van der Waals surface area contributed by atoms with Crippen molar-refractivity contribution in [2.24, 2.45) is 0 Å². The van der Waals surface area contributed by atoms with E-state index in [4.69, 9.17) is 11.6 Å². The molecule has 1 N–H and O–H groups in total. The number of rotatable bonds is 11. The topological polar surface area (TPSA) is 130 Å². The maximum absolute atomic E-state index is 13.4. The van der Waals surface area contributed by atoms with Crippen LogP contribution in [0.1, 0.15) is 32.8 Å². The molecule has 2 aromatic carbocycles. The van der Waals surface area contributed by atoms with Crippen LogP contribution < -0.4 is 9.62 Å². The summed E-state index contributed by atoms with van der Waals surface area (Å²) >= 11 is 5.95. The normalized spacial score (nSPS) is 12.9. The Labute approximate surface area is 210 Å². The molecule has 0 aliphatic heterocycles. The third-order valence-electron chi connectivity index (χ3n) is 5.44. The zero-order valence-corrected chi connectivity index (χ0v) is 21.5. The zero-order valence-electron chi connectivity index (χ0n) is 20.0. The Morgan fingerprint density at radius 1 is 1.14 bits per heavy atom. The number of benzene rings is 2. The van der Waals surface area contributed by atoms with E-state index in [-0.39, 0.29) is 29.9 Å². The van der Waals surface area contributed by atoms with Crippen LogP contribution in [0, 0.1) is 10.1 Å². The molecule has 2 amide bonds. The van der Waals surface area contributed by atoms with Crippen molar-refractivity contribution in [2.75, 3.05) is 17.1 Å². The molecule has 0 saturated carbocycles. The molecule has 0 spiro atoms. The van der Waals surface area contributed by atoms with Gasteiger partial charge in [-0.25, -0.2) is 8.42 Å². The molecule has 35 heavy (non-hydrogen) atoms. The van der Waals surface area contributed by atoms with Crippen molar-refractivity contribution in [1.82, 2.24) is 10.2 Å². The second-order valence-corrected chi connectivity index (χ2v) is 10.5. The first-order chi connectivity index (χ1) is 16.3. The number of nitrogens with zero attached hydrogens (tertiary/aromatic N) is 3. The lowest BCUT2D eigenvalue weighted by Crippen LogP contribution is -2.52. The van der Waals surface area contributed by atoms with Gasteiger partial charge in [0.2, 0.25) is 21.8 Å². The van der Waals surface area contributed by atoms with Gasteiger partial charge in [0.05, 0.1) is 16.9 Å². The fourth-order valence-electron chi connectivity index (χ4n) is 3.21. The summed E-state index contributed by atoms with van der Waals surface area (Å²) in [6, 6.07) is 10.7. The van der Waals surface area contributed by atoms with Gasteiger partial charge in [0, 0.05) is 29.7 Å². The largest absolute Gasteiger partial charge is 0.352 e. The molecule has 0 bridgehead atoms. The molecule has 0 fully saturated rings.